The maximum Gasteiger partial charge on any atom is 0.253 e. The van der Waals surface area contributed by atoms with Crippen LogP contribution in [0.5, 0.6) is 11.5 Å². The van der Waals surface area contributed by atoms with Gasteiger partial charge in [0.15, 0.2) is 11.5 Å². The molecule has 7 heteroatoms. The molecule has 0 bridgehead atoms. The third-order valence-electron chi connectivity index (χ3n) is 5.48. The molecule has 0 atom stereocenters. The average molecular weight is 426 g/mol. The summed E-state index contributed by atoms with van der Waals surface area (Å²) < 4.78 is 10.6. The Balaban J connectivity index is 1.42. The van der Waals surface area contributed by atoms with E-state index in [1.165, 1.54) is 0 Å². The molecule has 2 heterocycles. The second kappa shape index (κ2) is 8.79. The SMILES string of the molecule is COc1ccc(C(=O)N2CCC(Nc3ccnc4ccc(Cl)cc34)CC2)cc1OC. The number of nitrogens with one attached hydrogen (secondary N) is 1. The Kier molecular flexibility index (Phi) is 5.95. The van der Waals surface area contributed by atoms with Crippen molar-refractivity contribution < 1.29 is 14.3 Å². The zero-order chi connectivity index (χ0) is 21.1. The lowest BCUT2D eigenvalue weighted by atomic mass is 10.0. The van der Waals surface area contributed by atoms with Gasteiger partial charge in [0, 0.05) is 47.0 Å². The largest absolute Gasteiger partial charge is 0.493 e. The number of aromatic nitrogens is 1. The summed E-state index contributed by atoms with van der Waals surface area (Å²) >= 11 is 6.17. The Labute approximate surface area is 180 Å². The van der Waals surface area contributed by atoms with E-state index in [0.29, 0.717) is 35.2 Å². The van der Waals surface area contributed by atoms with Gasteiger partial charge in [0.25, 0.3) is 5.91 Å². The van der Waals surface area contributed by atoms with Crippen LogP contribution in [0.25, 0.3) is 10.9 Å². The quantitative estimate of drug-likeness (QED) is 0.646. The first-order valence-electron chi connectivity index (χ1n) is 9.91. The lowest BCUT2D eigenvalue weighted by Crippen LogP contribution is -2.42. The smallest absolute Gasteiger partial charge is 0.253 e. The fourth-order valence-electron chi connectivity index (χ4n) is 3.84. The van der Waals surface area contributed by atoms with E-state index in [4.69, 9.17) is 21.1 Å². The molecule has 1 aliphatic rings. The molecular weight excluding hydrogens is 402 g/mol. The highest BCUT2D eigenvalue weighted by molar-refractivity contribution is 6.31. The maximum atomic E-state index is 12.9. The molecule has 1 fully saturated rings. The number of hydrogen-bond acceptors (Lipinski definition) is 5. The first kappa shape index (κ1) is 20.3. The highest BCUT2D eigenvalue weighted by atomic mass is 35.5. The lowest BCUT2D eigenvalue weighted by Gasteiger charge is -2.33. The van der Waals surface area contributed by atoms with Crippen molar-refractivity contribution in [3.8, 4) is 11.5 Å². The minimum Gasteiger partial charge on any atom is -0.493 e. The Morgan fingerprint density at radius 1 is 1.07 bits per heavy atom. The molecule has 0 saturated carbocycles. The molecule has 2 aromatic carbocycles. The van der Waals surface area contributed by atoms with Crippen molar-refractivity contribution in [3.63, 3.8) is 0 Å². The summed E-state index contributed by atoms with van der Waals surface area (Å²) in [7, 11) is 3.15. The van der Waals surface area contributed by atoms with Gasteiger partial charge in [0.1, 0.15) is 0 Å². The van der Waals surface area contributed by atoms with Crippen LogP contribution in [-0.4, -0.2) is 49.1 Å². The molecule has 3 aromatic rings. The number of benzene rings is 2. The second-order valence-corrected chi connectivity index (χ2v) is 7.74. The van der Waals surface area contributed by atoms with Gasteiger partial charge in [-0.2, -0.15) is 0 Å². The number of methoxy groups -OCH3 is 2. The lowest BCUT2D eigenvalue weighted by molar-refractivity contribution is 0.0718. The number of carbonyl (C=O) groups excluding carboxylic acids is 1. The van der Waals surface area contributed by atoms with Crippen molar-refractivity contribution in [2.75, 3.05) is 32.6 Å². The first-order valence-corrected chi connectivity index (χ1v) is 10.3. The molecule has 1 aliphatic heterocycles. The van der Waals surface area contributed by atoms with Crippen molar-refractivity contribution in [3.05, 3.63) is 59.2 Å². The third-order valence-corrected chi connectivity index (χ3v) is 5.71. The van der Waals surface area contributed by atoms with E-state index in [1.807, 2.05) is 29.2 Å². The van der Waals surface area contributed by atoms with Crippen LogP contribution in [0.4, 0.5) is 5.69 Å². The predicted octanol–water partition coefficient (Wildman–Crippen LogP) is 4.62. The maximum absolute atomic E-state index is 12.9. The molecule has 1 saturated heterocycles. The number of pyridine rings is 1. The summed E-state index contributed by atoms with van der Waals surface area (Å²) in [6.45, 7) is 1.38. The highest BCUT2D eigenvalue weighted by Crippen LogP contribution is 2.29. The summed E-state index contributed by atoms with van der Waals surface area (Å²) in [5.74, 6) is 1.18. The van der Waals surface area contributed by atoms with Crippen molar-refractivity contribution >= 4 is 34.1 Å². The monoisotopic (exact) mass is 425 g/mol. The van der Waals surface area contributed by atoms with Gasteiger partial charge in [-0.05, 0) is 55.3 Å². The van der Waals surface area contributed by atoms with Gasteiger partial charge in [-0.3, -0.25) is 9.78 Å². The van der Waals surface area contributed by atoms with Gasteiger partial charge in [-0.1, -0.05) is 11.6 Å². The summed E-state index contributed by atoms with van der Waals surface area (Å²) in [6.07, 6.45) is 3.53. The fraction of sp³-hybridized carbons (Fsp3) is 0.304. The molecule has 30 heavy (non-hydrogen) atoms. The molecule has 156 valence electrons. The van der Waals surface area contributed by atoms with Crippen LogP contribution >= 0.6 is 11.6 Å². The summed E-state index contributed by atoms with van der Waals surface area (Å²) in [5, 5.41) is 5.31. The summed E-state index contributed by atoms with van der Waals surface area (Å²) in [5.41, 5.74) is 2.53. The standard InChI is InChI=1S/C23H24ClN3O3/c1-29-21-6-3-15(13-22(21)30-2)23(28)27-11-8-17(9-12-27)26-20-7-10-25-19-5-4-16(24)14-18(19)20/h3-7,10,13-14,17H,8-9,11-12H2,1-2H3,(H,25,26). The van der Waals surface area contributed by atoms with Gasteiger partial charge in [-0.25, -0.2) is 0 Å². The van der Waals surface area contributed by atoms with E-state index in [0.717, 1.165) is 29.4 Å². The topological polar surface area (TPSA) is 63.7 Å². The van der Waals surface area contributed by atoms with Gasteiger partial charge in [0.2, 0.25) is 0 Å². The van der Waals surface area contributed by atoms with Crippen LogP contribution in [0.3, 0.4) is 0 Å². The molecule has 0 unspecified atom stereocenters. The summed E-state index contributed by atoms with van der Waals surface area (Å²) in [6, 6.07) is 13.2. The number of likely N-dealkylation sites (tertiary alicyclic amines) is 1. The van der Waals surface area contributed by atoms with Crippen molar-refractivity contribution in [1.82, 2.24) is 9.88 Å². The Bertz CT molecular complexity index is 1060. The third kappa shape index (κ3) is 4.14. The molecule has 0 radical (unpaired) electrons. The van der Waals surface area contributed by atoms with E-state index in [-0.39, 0.29) is 11.9 Å². The highest BCUT2D eigenvalue weighted by Gasteiger charge is 2.24. The minimum absolute atomic E-state index is 0.00976. The minimum atomic E-state index is 0.00976. The van der Waals surface area contributed by atoms with Crippen LogP contribution in [-0.2, 0) is 0 Å². The molecular formula is C23H24ClN3O3. The van der Waals surface area contributed by atoms with Crippen molar-refractivity contribution in [2.24, 2.45) is 0 Å². The number of halogens is 1. The van der Waals surface area contributed by atoms with Gasteiger partial charge >= 0.3 is 0 Å². The number of hydrogen-bond donors (Lipinski definition) is 1. The number of amides is 1. The number of fused-ring (bicyclic) bond motifs is 1. The molecule has 1 aromatic heterocycles. The number of rotatable bonds is 5. The van der Waals surface area contributed by atoms with Gasteiger partial charge in [-0.15, -0.1) is 0 Å². The number of anilines is 1. The Hall–Kier alpha value is -2.99. The molecule has 0 spiro atoms. The molecule has 6 nitrogen and oxygen atoms in total. The van der Waals surface area contributed by atoms with Gasteiger partial charge in [0.05, 0.1) is 19.7 Å². The van der Waals surface area contributed by atoms with Crippen LogP contribution < -0.4 is 14.8 Å². The first-order chi connectivity index (χ1) is 14.6. The van der Waals surface area contributed by atoms with E-state index >= 15 is 0 Å². The number of ether oxygens (including phenoxy) is 2. The van der Waals surface area contributed by atoms with E-state index < -0.39 is 0 Å². The molecule has 0 aliphatic carbocycles. The zero-order valence-corrected chi connectivity index (χ0v) is 17.8. The number of nitrogens with zero attached hydrogens (tertiary/aromatic N) is 2. The zero-order valence-electron chi connectivity index (χ0n) is 17.0. The molecule has 1 N–H and O–H groups in total. The summed E-state index contributed by atoms with van der Waals surface area (Å²) in [4.78, 5) is 19.2. The Morgan fingerprint density at radius 3 is 2.57 bits per heavy atom. The normalized spacial score (nSPS) is 14.6. The predicted molar refractivity (Wildman–Crippen MR) is 119 cm³/mol. The second-order valence-electron chi connectivity index (χ2n) is 7.30. The Morgan fingerprint density at radius 2 is 1.83 bits per heavy atom. The van der Waals surface area contributed by atoms with Crippen LogP contribution in [0.2, 0.25) is 5.02 Å². The fourth-order valence-corrected chi connectivity index (χ4v) is 4.02. The molecule has 4 rings (SSSR count). The number of piperidine rings is 1. The van der Waals surface area contributed by atoms with Crippen LogP contribution in [0.1, 0.15) is 23.2 Å². The van der Waals surface area contributed by atoms with Crippen LogP contribution in [0, 0.1) is 0 Å². The van der Waals surface area contributed by atoms with E-state index in [9.17, 15) is 4.79 Å². The van der Waals surface area contributed by atoms with Crippen LogP contribution in [0.15, 0.2) is 48.7 Å². The average Bonchev–Trinajstić information content (AvgIpc) is 2.79. The van der Waals surface area contributed by atoms with E-state index in [1.54, 1.807) is 38.6 Å². The van der Waals surface area contributed by atoms with Crippen molar-refractivity contribution in [1.29, 1.82) is 0 Å². The van der Waals surface area contributed by atoms with E-state index in [2.05, 4.69) is 10.3 Å². The van der Waals surface area contributed by atoms with Gasteiger partial charge < -0.3 is 19.7 Å². The van der Waals surface area contributed by atoms with Crippen molar-refractivity contribution in [2.45, 2.75) is 18.9 Å². The number of carbonyl (C=O) groups is 1. The molecule has 1 amide bonds.